The molecule has 0 aliphatic carbocycles. The zero-order valence-corrected chi connectivity index (χ0v) is 12.8. The van der Waals surface area contributed by atoms with Gasteiger partial charge in [0.1, 0.15) is 0 Å². The summed E-state index contributed by atoms with van der Waals surface area (Å²) >= 11 is 0. The van der Waals surface area contributed by atoms with Crippen molar-refractivity contribution in [2.75, 3.05) is 13.1 Å². The molecule has 0 aromatic carbocycles. The average Bonchev–Trinajstić information content (AvgIpc) is 2.16. The number of nitrogens with two attached hydrogens (primary N) is 4. The van der Waals surface area contributed by atoms with Crippen LogP contribution in [0.5, 0.6) is 0 Å². The van der Waals surface area contributed by atoms with Crippen LogP contribution in [0.25, 0.3) is 0 Å². The molecule has 0 saturated carbocycles. The second kappa shape index (κ2) is 25.7. The van der Waals surface area contributed by atoms with E-state index in [0.717, 1.165) is 0 Å². The number of hydrogen-bond acceptors (Lipinski definition) is 10. The Bertz CT molecular complexity index is 167. The standard InChI is InChI=1S/2C3H10N2.2NO3.Pt/c2*1-3(5)2-4;2*2-1(3)4;/h2*3H,2,4-5H2,1H3;;;/q;;2*-1;+2. The molecule has 2 unspecified atom stereocenters. The third-order valence-corrected chi connectivity index (χ3v) is 0.744. The van der Waals surface area contributed by atoms with Crippen LogP contribution in [0.1, 0.15) is 13.8 Å². The minimum Gasteiger partial charge on any atom is -0.356 e. The molecule has 0 aromatic rings. The Morgan fingerprint density at radius 3 is 0.895 bits per heavy atom. The van der Waals surface area contributed by atoms with Crippen molar-refractivity contribution < 1.29 is 31.2 Å². The van der Waals surface area contributed by atoms with E-state index in [2.05, 4.69) is 0 Å². The van der Waals surface area contributed by atoms with Crippen LogP contribution in [-0.4, -0.2) is 35.3 Å². The Kier molecular flexibility index (Phi) is 41.6. The second-order valence-electron chi connectivity index (χ2n) is 2.87. The first kappa shape index (κ1) is 30.7. The molecule has 0 spiro atoms. The molecular weight excluding hydrogens is 447 g/mol. The summed E-state index contributed by atoms with van der Waals surface area (Å²) in [6.07, 6.45) is 0. The van der Waals surface area contributed by atoms with Gasteiger partial charge in [0.2, 0.25) is 0 Å². The van der Waals surface area contributed by atoms with Crippen molar-refractivity contribution >= 4 is 0 Å². The minimum absolute atomic E-state index is 0. The van der Waals surface area contributed by atoms with Crippen molar-refractivity contribution in [2.45, 2.75) is 25.9 Å². The molecule has 2 atom stereocenters. The van der Waals surface area contributed by atoms with Crippen molar-refractivity contribution in [3.63, 3.8) is 0 Å². The Morgan fingerprint density at radius 2 is 0.895 bits per heavy atom. The van der Waals surface area contributed by atoms with Gasteiger partial charge in [-0.1, -0.05) is 0 Å². The second-order valence-corrected chi connectivity index (χ2v) is 2.87. The molecule has 0 saturated heterocycles. The van der Waals surface area contributed by atoms with Crippen LogP contribution in [0.15, 0.2) is 0 Å². The van der Waals surface area contributed by atoms with Crippen LogP contribution in [0.2, 0.25) is 0 Å². The molecule has 0 amide bonds. The molecule has 8 N–H and O–H groups in total. The minimum atomic E-state index is -1.75. The van der Waals surface area contributed by atoms with Crippen molar-refractivity contribution in [3.8, 4) is 0 Å². The fraction of sp³-hybridized carbons (Fsp3) is 1.00. The van der Waals surface area contributed by atoms with Crippen LogP contribution >= 0.6 is 0 Å². The summed E-state index contributed by atoms with van der Waals surface area (Å²) in [5.74, 6) is 0. The smallest absolute Gasteiger partial charge is 0.356 e. The SMILES string of the molecule is CC(N)CN.CC(N)CN.O=[N+]([O-])[O-].O=[N+]([O-])[O-].[Pt+2]. The van der Waals surface area contributed by atoms with Crippen molar-refractivity contribution in [3.05, 3.63) is 30.6 Å². The number of rotatable bonds is 2. The van der Waals surface area contributed by atoms with Crippen LogP contribution in [-0.2, 0) is 21.1 Å². The quantitative estimate of drug-likeness (QED) is 0.260. The van der Waals surface area contributed by atoms with E-state index in [4.69, 9.17) is 53.6 Å². The monoisotopic (exact) mass is 467 g/mol. The maximum atomic E-state index is 8.25. The summed E-state index contributed by atoms with van der Waals surface area (Å²) in [5.41, 5.74) is 20.4. The van der Waals surface area contributed by atoms with Crippen molar-refractivity contribution in [2.24, 2.45) is 22.9 Å². The molecule has 19 heavy (non-hydrogen) atoms. The maximum Gasteiger partial charge on any atom is 2.00 e. The van der Waals surface area contributed by atoms with E-state index in [0.29, 0.717) is 13.1 Å². The van der Waals surface area contributed by atoms with Gasteiger partial charge in [-0.25, -0.2) is 0 Å². The Morgan fingerprint density at radius 1 is 0.842 bits per heavy atom. The van der Waals surface area contributed by atoms with Crippen molar-refractivity contribution in [1.82, 2.24) is 0 Å². The third-order valence-electron chi connectivity index (χ3n) is 0.744. The molecule has 0 bridgehead atoms. The summed E-state index contributed by atoms with van der Waals surface area (Å²) in [7, 11) is 0. The molecule has 0 heterocycles. The van der Waals surface area contributed by atoms with Gasteiger partial charge in [-0.05, 0) is 13.8 Å². The van der Waals surface area contributed by atoms with Crippen LogP contribution in [0.3, 0.4) is 0 Å². The Hall–Kier alpha value is -1.07. The summed E-state index contributed by atoms with van der Waals surface area (Å²) in [6, 6.07) is 0.324. The van der Waals surface area contributed by atoms with Crippen LogP contribution in [0, 0.1) is 30.6 Å². The van der Waals surface area contributed by atoms with Crippen molar-refractivity contribution in [1.29, 1.82) is 0 Å². The topological polar surface area (TPSA) is 236 Å². The molecule has 0 radical (unpaired) electrons. The van der Waals surface area contributed by atoms with Gasteiger partial charge in [0.25, 0.3) is 0 Å². The van der Waals surface area contributed by atoms with E-state index in [-0.39, 0.29) is 33.1 Å². The molecule has 13 heteroatoms. The first-order valence-corrected chi connectivity index (χ1v) is 4.55. The van der Waals surface area contributed by atoms with Gasteiger partial charge in [0.15, 0.2) is 0 Å². The normalized spacial score (nSPS) is 10.4. The molecule has 0 rings (SSSR count). The van der Waals surface area contributed by atoms with Gasteiger partial charge >= 0.3 is 21.1 Å². The zero-order valence-electron chi connectivity index (χ0n) is 10.5. The summed E-state index contributed by atoms with van der Waals surface area (Å²) < 4.78 is 0. The molecule has 120 valence electrons. The molecule has 12 nitrogen and oxygen atoms in total. The van der Waals surface area contributed by atoms with E-state index in [1.165, 1.54) is 0 Å². The molecule has 0 aromatic heterocycles. The van der Waals surface area contributed by atoms with Gasteiger partial charge < -0.3 is 53.6 Å². The summed E-state index contributed by atoms with van der Waals surface area (Å²) in [6.45, 7) is 4.92. The molecule has 0 aliphatic heterocycles. The van der Waals surface area contributed by atoms with Gasteiger partial charge in [0.05, 0.1) is 10.2 Å². The average molecular weight is 467 g/mol. The largest absolute Gasteiger partial charge is 2.00 e. The van der Waals surface area contributed by atoms with E-state index < -0.39 is 10.2 Å². The molecular formula is C6H20N6O6Pt. The number of nitrogens with zero attached hydrogens (tertiary/aromatic N) is 2. The van der Waals surface area contributed by atoms with E-state index in [9.17, 15) is 0 Å². The first-order valence-electron chi connectivity index (χ1n) is 4.55. The van der Waals surface area contributed by atoms with Crippen LogP contribution < -0.4 is 22.9 Å². The van der Waals surface area contributed by atoms with E-state index in [1.54, 1.807) is 0 Å². The number of hydrogen-bond donors (Lipinski definition) is 4. The first-order chi connectivity index (χ1) is 8.00. The fourth-order valence-corrected chi connectivity index (χ4v) is 0. The molecule has 0 aliphatic rings. The van der Waals surface area contributed by atoms with E-state index >= 15 is 0 Å². The molecule has 0 fully saturated rings. The summed E-state index contributed by atoms with van der Waals surface area (Å²) in [4.78, 5) is 16.5. The fourth-order valence-electron chi connectivity index (χ4n) is 0. The van der Waals surface area contributed by atoms with Gasteiger partial charge in [-0.2, -0.15) is 0 Å². The maximum absolute atomic E-state index is 8.25. The predicted octanol–water partition coefficient (Wildman–Crippen LogP) is -1.90. The van der Waals surface area contributed by atoms with Gasteiger partial charge in [-0.3, -0.25) is 0 Å². The predicted molar refractivity (Wildman–Crippen MR) is 66.1 cm³/mol. The van der Waals surface area contributed by atoms with Gasteiger partial charge in [0, 0.05) is 25.2 Å². The third kappa shape index (κ3) is 440. The van der Waals surface area contributed by atoms with Gasteiger partial charge in [-0.15, -0.1) is 0 Å². The summed E-state index contributed by atoms with van der Waals surface area (Å²) in [5, 5.41) is 29.5. The Labute approximate surface area is 124 Å². The Balaban J connectivity index is -0.0000000453. The van der Waals surface area contributed by atoms with Crippen LogP contribution in [0.4, 0.5) is 0 Å². The zero-order chi connectivity index (χ0) is 15.7. The van der Waals surface area contributed by atoms with E-state index in [1.807, 2.05) is 13.8 Å².